The molecule has 0 unspecified atom stereocenters. The van der Waals surface area contributed by atoms with Crippen LogP contribution in [-0.4, -0.2) is 15.6 Å². The highest BCUT2D eigenvalue weighted by molar-refractivity contribution is 6.29. The van der Waals surface area contributed by atoms with Crippen LogP contribution < -0.4 is 10.1 Å². The van der Waals surface area contributed by atoms with Crippen molar-refractivity contribution >= 4 is 11.6 Å². The van der Waals surface area contributed by atoms with E-state index in [1.54, 1.807) is 6.20 Å². The molecule has 1 heterocycles. The Morgan fingerprint density at radius 1 is 1.43 bits per heavy atom. The number of aryl methyl sites for hydroxylation is 1. The minimum Gasteiger partial charge on any atom is -0.485 e. The second-order valence-electron chi connectivity index (χ2n) is 5.61. The molecule has 1 N–H and O–H groups in total. The van der Waals surface area contributed by atoms with Crippen molar-refractivity contribution in [3.63, 3.8) is 0 Å². The first-order valence-corrected chi connectivity index (χ1v) is 7.63. The minimum absolute atomic E-state index is 0.419. The van der Waals surface area contributed by atoms with Crippen LogP contribution in [0.2, 0.25) is 5.15 Å². The lowest BCUT2D eigenvalue weighted by atomic mass is 10.1. The van der Waals surface area contributed by atoms with Gasteiger partial charge in [-0.05, 0) is 25.8 Å². The second-order valence-corrected chi connectivity index (χ2v) is 6.00. The van der Waals surface area contributed by atoms with E-state index in [0.29, 0.717) is 17.8 Å². The zero-order valence-corrected chi connectivity index (χ0v) is 13.2. The van der Waals surface area contributed by atoms with Crippen LogP contribution in [0, 0.1) is 6.92 Å². The van der Waals surface area contributed by atoms with Gasteiger partial charge in [0.1, 0.15) is 23.3 Å². The fraction of sp³-hybridized carbons (Fsp3) is 0.438. The molecular weight excluding hydrogens is 286 g/mol. The third-order valence-electron chi connectivity index (χ3n) is 3.76. The van der Waals surface area contributed by atoms with Gasteiger partial charge < -0.3 is 14.6 Å². The number of nitrogens with zero attached hydrogens (tertiary/aromatic N) is 2. The molecule has 0 saturated heterocycles. The number of ether oxygens (including phenoxy) is 1. The summed E-state index contributed by atoms with van der Waals surface area (Å²) in [5, 5.41) is 4.15. The molecule has 5 heteroatoms. The van der Waals surface area contributed by atoms with E-state index < -0.39 is 0 Å². The Labute approximate surface area is 130 Å². The normalized spacial score (nSPS) is 14.4. The van der Waals surface area contributed by atoms with E-state index in [-0.39, 0.29) is 0 Å². The zero-order valence-electron chi connectivity index (χ0n) is 12.4. The summed E-state index contributed by atoms with van der Waals surface area (Å²) in [7, 11) is 1.89. The van der Waals surface area contributed by atoms with Gasteiger partial charge in [0.2, 0.25) is 0 Å². The van der Waals surface area contributed by atoms with Crippen molar-refractivity contribution in [2.45, 2.75) is 39.0 Å². The maximum atomic E-state index is 5.99. The quantitative estimate of drug-likeness (QED) is 0.890. The lowest BCUT2D eigenvalue weighted by Gasteiger charge is -2.13. The van der Waals surface area contributed by atoms with Crippen molar-refractivity contribution in [2.75, 3.05) is 0 Å². The van der Waals surface area contributed by atoms with Crippen LogP contribution >= 0.6 is 11.6 Å². The van der Waals surface area contributed by atoms with Crippen LogP contribution in [0.3, 0.4) is 0 Å². The Hall–Kier alpha value is -1.52. The molecule has 3 rings (SSSR count). The van der Waals surface area contributed by atoms with Gasteiger partial charge >= 0.3 is 0 Å². The third kappa shape index (κ3) is 3.57. The molecule has 1 aliphatic rings. The van der Waals surface area contributed by atoms with Crippen LogP contribution in [0.15, 0.2) is 24.4 Å². The van der Waals surface area contributed by atoms with Gasteiger partial charge in [0.15, 0.2) is 0 Å². The average Bonchev–Trinajstić information content (AvgIpc) is 3.24. The molecule has 21 heavy (non-hydrogen) atoms. The molecule has 4 nitrogen and oxygen atoms in total. The predicted octanol–water partition coefficient (Wildman–Crippen LogP) is 3.21. The van der Waals surface area contributed by atoms with Crippen LogP contribution in [0.4, 0.5) is 0 Å². The largest absolute Gasteiger partial charge is 0.485 e. The van der Waals surface area contributed by atoms with Crippen LogP contribution in [0.5, 0.6) is 5.75 Å². The van der Waals surface area contributed by atoms with Gasteiger partial charge in [-0.2, -0.15) is 0 Å². The van der Waals surface area contributed by atoms with E-state index in [9.17, 15) is 0 Å². The average molecular weight is 306 g/mol. The van der Waals surface area contributed by atoms with E-state index in [1.807, 2.05) is 17.7 Å². The summed E-state index contributed by atoms with van der Waals surface area (Å²) < 4.78 is 7.77. The summed E-state index contributed by atoms with van der Waals surface area (Å²) in [5.41, 5.74) is 2.44. The summed E-state index contributed by atoms with van der Waals surface area (Å²) in [6.07, 6.45) is 4.21. The molecule has 0 atom stereocenters. The first-order valence-electron chi connectivity index (χ1n) is 7.25. The lowest BCUT2D eigenvalue weighted by Crippen LogP contribution is -2.16. The number of benzene rings is 1. The van der Waals surface area contributed by atoms with Crippen molar-refractivity contribution in [1.29, 1.82) is 0 Å². The number of hydrogen-bond donors (Lipinski definition) is 1. The first-order chi connectivity index (χ1) is 10.1. The van der Waals surface area contributed by atoms with Crippen molar-refractivity contribution in [2.24, 2.45) is 7.05 Å². The molecule has 112 valence electrons. The summed E-state index contributed by atoms with van der Waals surface area (Å²) in [6, 6.07) is 6.97. The van der Waals surface area contributed by atoms with E-state index in [0.717, 1.165) is 18.1 Å². The highest BCUT2D eigenvalue weighted by Crippen LogP contribution is 2.24. The molecule has 2 aromatic rings. The Morgan fingerprint density at radius 2 is 2.24 bits per heavy atom. The molecule has 1 aliphatic carbocycles. The van der Waals surface area contributed by atoms with Gasteiger partial charge in [-0.3, -0.25) is 0 Å². The van der Waals surface area contributed by atoms with E-state index in [1.165, 1.54) is 24.0 Å². The van der Waals surface area contributed by atoms with Gasteiger partial charge in [-0.15, -0.1) is 0 Å². The standard InChI is InChI=1S/C16H20ClN3O/c1-11-3-6-14(12(7-11)8-18-13-4-5-13)21-10-16-19-9-15(17)20(16)2/h3,6-7,9,13,18H,4-5,8,10H2,1-2H3. The Balaban J connectivity index is 1.69. The molecule has 1 aromatic heterocycles. The zero-order chi connectivity index (χ0) is 14.8. The molecule has 1 aromatic carbocycles. The number of nitrogens with one attached hydrogen (secondary N) is 1. The van der Waals surface area contributed by atoms with Crippen molar-refractivity contribution in [1.82, 2.24) is 14.9 Å². The van der Waals surface area contributed by atoms with Gasteiger partial charge in [0, 0.05) is 25.2 Å². The Bertz CT molecular complexity index is 634. The molecule has 0 radical (unpaired) electrons. The summed E-state index contributed by atoms with van der Waals surface area (Å²) in [6.45, 7) is 3.37. The van der Waals surface area contributed by atoms with Gasteiger partial charge in [-0.1, -0.05) is 29.3 Å². The summed E-state index contributed by atoms with van der Waals surface area (Å²) >= 11 is 5.99. The number of rotatable bonds is 6. The highest BCUT2D eigenvalue weighted by atomic mass is 35.5. The fourth-order valence-electron chi connectivity index (χ4n) is 2.23. The molecular formula is C16H20ClN3O. The topological polar surface area (TPSA) is 39.1 Å². The van der Waals surface area contributed by atoms with Gasteiger partial charge in [0.05, 0.1) is 6.20 Å². The van der Waals surface area contributed by atoms with Crippen molar-refractivity contribution in [3.8, 4) is 5.75 Å². The SMILES string of the molecule is Cc1ccc(OCc2ncc(Cl)n2C)c(CNC2CC2)c1. The lowest BCUT2D eigenvalue weighted by molar-refractivity contribution is 0.288. The molecule has 0 amide bonds. The van der Waals surface area contributed by atoms with E-state index >= 15 is 0 Å². The van der Waals surface area contributed by atoms with E-state index in [4.69, 9.17) is 16.3 Å². The predicted molar refractivity (Wildman–Crippen MR) is 83.6 cm³/mol. The Morgan fingerprint density at radius 3 is 2.90 bits per heavy atom. The number of halogens is 1. The van der Waals surface area contributed by atoms with E-state index in [2.05, 4.69) is 29.4 Å². The maximum Gasteiger partial charge on any atom is 0.147 e. The third-order valence-corrected chi connectivity index (χ3v) is 4.11. The second kappa shape index (κ2) is 6.08. The molecule has 1 saturated carbocycles. The maximum absolute atomic E-state index is 5.99. The number of hydrogen-bond acceptors (Lipinski definition) is 3. The summed E-state index contributed by atoms with van der Waals surface area (Å²) in [4.78, 5) is 4.25. The fourth-order valence-corrected chi connectivity index (χ4v) is 2.38. The first kappa shape index (κ1) is 14.4. The molecule has 0 aliphatic heterocycles. The number of imidazole rings is 1. The summed E-state index contributed by atoms with van der Waals surface area (Å²) in [5.74, 6) is 1.73. The molecule has 1 fully saturated rings. The van der Waals surface area contributed by atoms with Crippen LogP contribution in [-0.2, 0) is 20.2 Å². The highest BCUT2D eigenvalue weighted by Gasteiger charge is 2.20. The monoisotopic (exact) mass is 305 g/mol. The van der Waals surface area contributed by atoms with Crippen molar-refractivity contribution in [3.05, 3.63) is 46.5 Å². The van der Waals surface area contributed by atoms with Gasteiger partial charge in [0.25, 0.3) is 0 Å². The smallest absolute Gasteiger partial charge is 0.147 e. The van der Waals surface area contributed by atoms with Crippen molar-refractivity contribution < 1.29 is 4.74 Å². The number of aromatic nitrogens is 2. The molecule has 0 bridgehead atoms. The van der Waals surface area contributed by atoms with Crippen LogP contribution in [0.1, 0.15) is 29.8 Å². The Kier molecular flexibility index (Phi) is 4.17. The van der Waals surface area contributed by atoms with Crippen LogP contribution in [0.25, 0.3) is 0 Å². The molecule has 0 spiro atoms. The minimum atomic E-state index is 0.419. The van der Waals surface area contributed by atoms with Gasteiger partial charge in [-0.25, -0.2) is 4.98 Å².